The molecule has 0 atom stereocenters. The van der Waals surface area contributed by atoms with E-state index in [1.807, 2.05) is 41.3 Å². The molecule has 0 fully saturated rings. The molecule has 0 spiro atoms. The Morgan fingerprint density at radius 1 is 1.29 bits per heavy atom. The zero-order chi connectivity index (χ0) is 16.1. The number of nitrogens with one attached hydrogen (secondary N) is 2. The summed E-state index contributed by atoms with van der Waals surface area (Å²) in [6.07, 6.45) is 10.3. The van der Waals surface area contributed by atoms with Crippen LogP contribution in [-0.4, -0.2) is 28.8 Å². The van der Waals surface area contributed by atoms with Crippen LogP contribution in [0.1, 0.15) is 18.4 Å². The van der Waals surface area contributed by atoms with Gasteiger partial charge in [-0.2, -0.15) is 5.10 Å². The van der Waals surface area contributed by atoms with Crippen molar-refractivity contribution in [1.82, 2.24) is 20.4 Å². The molecule has 0 amide bonds. The van der Waals surface area contributed by atoms with E-state index < -0.39 is 0 Å². The molecule has 24 heavy (non-hydrogen) atoms. The maximum absolute atomic E-state index is 5.91. The van der Waals surface area contributed by atoms with Crippen LogP contribution in [0.4, 0.5) is 0 Å². The number of aliphatic imine (C=N–C) groups is 1. The Kier molecular flexibility index (Phi) is 7.11. The molecule has 1 aromatic heterocycles. The van der Waals surface area contributed by atoms with Gasteiger partial charge in [-0.3, -0.25) is 4.99 Å². The van der Waals surface area contributed by atoms with Gasteiger partial charge in [-0.05, 0) is 37.1 Å². The first-order valence-corrected chi connectivity index (χ1v) is 8.04. The van der Waals surface area contributed by atoms with E-state index in [2.05, 4.69) is 32.9 Å². The molecule has 3 rings (SSSR count). The van der Waals surface area contributed by atoms with Gasteiger partial charge in [-0.15, -0.1) is 24.0 Å². The number of guanidine groups is 1. The predicted molar refractivity (Wildman–Crippen MR) is 109 cm³/mol. The fourth-order valence-corrected chi connectivity index (χ4v) is 2.62. The number of nitrogens with zero attached hydrogens (tertiary/aromatic N) is 3. The van der Waals surface area contributed by atoms with E-state index in [-0.39, 0.29) is 24.0 Å². The smallest absolute Gasteiger partial charge is 0.191 e. The van der Waals surface area contributed by atoms with E-state index in [9.17, 15) is 0 Å². The number of hydrogen-bond acceptors (Lipinski definition) is 2. The van der Waals surface area contributed by atoms with Crippen molar-refractivity contribution >= 4 is 41.5 Å². The van der Waals surface area contributed by atoms with E-state index in [0.717, 1.165) is 35.1 Å². The fraction of sp³-hybridized carbons (Fsp3) is 0.294. The van der Waals surface area contributed by atoms with Crippen molar-refractivity contribution in [3.63, 3.8) is 0 Å². The second-order valence-corrected chi connectivity index (χ2v) is 5.92. The van der Waals surface area contributed by atoms with Gasteiger partial charge < -0.3 is 10.6 Å². The molecule has 0 radical (unpaired) electrons. The Morgan fingerprint density at radius 2 is 2.00 bits per heavy atom. The largest absolute Gasteiger partial charge is 0.353 e. The zero-order valence-electron chi connectivity index (χ0n) is 13.4. The highest BCUT2D eigenvalue weighted by Crippen LogP contribution is 2.13. The van der Waals surface area contributed by atoms with Gasteiger partial charge in [0.1, 0.15) is 0 Å². The molecule has 0 aliphatic heterocycles. The second-order valence-electron chi connectivity index (χ2n) is 5.48. The quantitative estimate of drug-likeness (QED) is 0.320. The SMILES string of the molecule is CN=C(NCc1cnn(-c2ccc(Cl)cc2)c1)NC1CC=CC1.I. The third kappa shape index (κ3) is 4.98. The van der Waals surface area contributed by atoms with Gasteiger partial charge in [0.2, 0.25) is 0 Å². The third-order valence-corrected chi connectivity index (χ3v) is 4.01. The maximum Gasteiger partial charge on any atom is 0.191 e. The molecule has 0 bridgehead atoms. The molecule has 1 heterocycles. The van der Waals surface area contributed by atoms with Crippen LogP contribution in [0.5, 0.6) is 0 Å². The summed E-state index contributed by atoms with van der Waals surface area (Å²) >= 11 is 5.91. The molecular formula is C17H21ClIN5. The molecule has 128 valence electrons. The van der Waals surface area contributed by atoms with Gasteiger partial charge in [0.25, 0.3) is 0 Å². The Bertz CT molecular complexity index is 700. The second kappa shape index (κ2) is 9.08. The number of hydrogen-bond donors (Lipinski definition) is 2. The van der Waals surface area contributed by atoms with E-state index in [0.29, 0.717) is 12.6 Å². The van der Waals surface area contributed by atoms with Crippen LogP contribution in [0, 0.1) is 0 Å². The Hall–Kier alpha value is -1.54. The average molecular weight is 458 g/mol. The summed E-state index contributed by atoms with van der Waals surface area (Å²) in [6, 6.07) is 8.05. The van der Waals surface area contributed by atoms with E-state index >= 15 is 0 Å². The van der Waals surface area contributed by atoms with E-state index in [1.54, 1.807) is 7.05 Å². The number of halogens is 2. The highest BCUT2D eigenvalue weighted by molar-refractivity contribution is 14.0. The summed E-state index contributed by atoms with van der Waals surface area (Å²) in [4.78, 5) is 4.27. The summed E-state index contributed by atoms with van der Waals surface area (Å²) in [6.45, 7) is 0.674. The number of aromatic nitrogens is 2. The highest BCUT2D eigenvalue weighted by Gasteiger charge is 2.11. The molecular weight excluding hydrogens is 437 g/mol. The van der Waals surface area contributed by atoms with Crippen molar-refractivity contribution in [1.29, 1.82) is 0 Å². The molecule has 2 aromatic rings. The molecule has 0 unspecified atom stereocenters. The van der Waals surface area contributed by atoms with Crippen LogP contribution < -0.4 is 10.6 Å². The van der Waals surface area contributed by atoms with Crippen molar-refractivity contribution < 1.29 is 0 Å². The lowest BCUT2D eigenvalue weighted by atomic mass is 10.2. The van der Waals surface area contributed by atoms with Crippen LogP contribution in [0.2, 0.25) is 5.02 Å². The van der Waals surface area contributed by atoms with Crippen LogP contribution in [0.25, 0.3) is 5.69 Å². The molecule has 5 nitrogen and oxygen atoms in total. The molecule has 2 N–H and O–H groups in total. The molecule has 1 aromatic carbocycles. The fourth-order valence-electron chi connectivity index (χ4n) is 2.50. The van der Waals surface area contributed by atoms with Crippen molar-refractivity contribution in [3.05, 3.63) is 59.4 Å². The highest BCUT2D eigenvalue weighted by atomic mass is 127. The monoisotopic (exact) mass is 457 g/mol. The Morgan fingerprint density at radius 3 is 2.67 bits per heavy atom. The first-order chi connectivity index (χ1) is 11.2. The molecule has 0 saturated heterocycles. The summed E-state index contributed by atoms with van der Waals surface area (Å²) in [5.74, 6) is 0.818. The summed E-state index contributed by atoms with van der Waals surface area (Å²) in [7, 11) is 1.79. The summed E-state index contributed by atoms with van der Waals surface area (Å²) < 4.78 is 1.84. The van der Waals surface area contributed by atoms with Crippen molar-refractivity contribution in [3.8, 4) is 5.69 Å². The van der Waals surface area contributed by atoms with Crippen LogP contribution >= 0.6 is 35.6 Å². The third-order valence-electron chi connectivity index (χ3n) is 3.76. The number of rotatable bonds is 4. The standard InChI is InChI=1S/C17H20ClN5.HI/c1-19-17(22-15-4-2-3-5-15)20-10-13-11-21-23(12-13)16-8-6-14(18)7-9-16;/h2-3,6-9,11-12,15H,4-5,10H2,1H3,(H2,19,20,22);1H. The van der Waals surface area contributed by atoms with Gasteiger partial charge in [0, 0.05) is 36.4 Å². The van der Waals surface area contributed by atoms with E-state index in [1.165, 1.54) is 0 Å². The average Bonchev–Trinajstić information content (AvgIpc) is 3.24. The van der Waals surface area contributed by atoms with Gasteiger partial charge >= 0.3 is 0 Å². The van der Waals surface area contributed by atoms with Gasteiger partial charge in [-0.1, -0.05) is 23.8 Å². The molecule has 1 aliphatic carbocycles. The molecule has 0 saturated carbocycles. The van der Waals surface area contributed by atoms with Crippen LogP contribution in [0.15, 0.2) is 53.8 Å². The molecule has 1 aliphatic rings. The van der Waals surface area contributed by atoms with Gasteiger partial charge in [0.15, 0.2) is 5.96 Å². The van der Waals surface area contributed by atoms with Crippen molar-refractivity contribution in [2.24, 2.45) is 4.99 Å². The van der Waals surface area contributed by atoms with Crippen LogP contribution in [0.3, 0.4) is 0 Å². The van der Waals surface area contributed by atoms with Gasteiger partial charge in [-0.25, -0.2) is 4.68 Å². The van der Waals surface area contributed by atoms with E-state index in [4.69, 9.17) is 11.6 Å². The van der Waals surface area contributed by atoms with Crippen molar-refractivity contribution in [2.45, 2.75) is 25.4 Å². The minimum Gasteiger partial charge on any atom is -0.353 e. The maximum atomic E-state index is 5.91. The zero-order valence-corrected chi connectivity index (χ0v) is 16.5. The lowest BCUT2D eigenvalue weighted by Gasteiger charge is -2.16. The lowest BCUT2D eigenvalue weighted by molar-refractivity contribution is 0.633. The Balaban J connectivity index is 0.00000208. The first kappa shape index (κ1) is 18.8. The minimum absolute atomic E-state index is 0. The van der Waals surface area contributed by atoms with Crippen LogP contribution in [-0.2, 0) is 6.54 Å². The predicted octanol–water partition coefficient (Wildman–Crippen LogP) is 3.53. The van der Waals surface area contributed by atoms with Crippen molar-refractivity contribution in [2.75, 3.05) is 7.05 Å². The minimum atomic E-state index is 0. The van der Waals surface area contributed by atoms with Gasteiger partial charge in [0.05, 0.1) is 11.9 Å². The Labute approximate surface area is 164 Å². The topological polar surface area (TPSA) is 54.2 Å². The lowest BCUT2D eigenvalue weighted by Crippen LogP contribution is -2.42. The number of benzene rings is 1. The first-order valence-electron chi connectivity index (χ1n) is 7.66. The molecule has 7 heteroatoms. The summed E-state index contributed by atoms with van der Waals surface area (Å²) in [5.41, 5.74) is 2.08. The normalized spacial score (nSPS) is 14.5. The summed E-state index contributed by atoms with van der Waals surface area (Å²) in [5, 5.41) is 11.8.